The fourth-order valence-electron chi connectivity index (χ4n) is 1.46. The maximum absolute atomic E-state index is 5.89. The lowest BCUT2D eigenvalue weighted by molar-refractivity contribution is 0.670. The van der Waals surface area contributed by atoms with E-state index >= 15 is 0 Å². The Labute approximate surface area is 91.5 Å². The lowest BCUT2D eigenvalue weighted by atomic mass is 10.1. The molecule has 0 saturated carbocycles. The van der Waals surface area contributed by atoms with E-state index in [4.69, 9.17) is 11.6 Å². The van der Waals surface area contributed by atoms with Gasteiger partial charge in [0.2, 0.25) is 0 Å². The Kier molecular flexibility index (Phi) is 4.99. The van der Waals surface area contributed by atoms with Gasteiger partial charge in [-0.2, -0.15) is 0 Å². The summed E-state index contributed by atoms with van der Waals surface area (Å²) in [7, 11) is 0. The molecule has 78 valence electrons. The van der Waals surface area contributed by atoms with Gasteiger partial charge in [-0.1, -0.05) is 24.6 Å². The van der Waals surface area contributed by atoms with E-state index in [1.807, 2.05) is 12.1 Å². The summed E-state index contributed by atoms with van der Waals surface area (Å²) in [5, 5.41) is 4.22. The molecule has 1 rings (SSSR count). The van der Waals surface area contributed by atoms with Crippen LogP contribution in [0.3, 0.4) is 0 Å². The molecular formula is C12H18ClN. The summed E-state index contributed by atoms with van der Waals surface area (Å²) in [5.41, 5.74) is 2.67. The van der Waals surface area contributed by atoms with Crippen molar-refractivity contribution in [3.05, 3.63) is 34.3 Å². The molecule has 1 aromatic carbocycles. The highest BCUT2D eigenvalue weighted by molar-refractivity contribution is 6.30. The molecule has 2 heteroatoms. The molecule has 0 aliphatic rings. The molecule has 0 amide bonds. The van der Waals surface area contributed by atoms with Crippen LogP contribution in [0.15, 0.2) is 18.2 Å². The van der Waals surface area contributed by atoms with Crippen molar-refractivity contribution in [3.8, 4) is 0 Å². The van der Waals surface area contributed by atoms with Crippen LogP contribution in [0, 0.1) is 6.92 Å². The van der Waals surface area contributed by atoms with Crippen molar-refractivity contribution in [3.63, 3.8) is 0 Å². The Morgan fingerprint density at radius 2 is 2.07 bits per heavy atom. The van der Waals surface area contributed by atoms with Crippen molar-refractivity contribution in [2.45, 2.75) is 26.7 Å². The van der Waals surface area contributed by atoms with Crippen LogP contribution < -0.4 is 5.32 Å². The van der Waals surface area contributed by atoms with Gasteiger partial charge in [-0.05, 0) is 56.1 Å². The van der Waals surface area contributed by atoms with Gasteiger partial charge >= 0.3 is 0 Å². The van der Waals surface area contributed by atoms with Crippen LogP contribution in [0.1, 0.15) is 24.5 Å². The van der Waals surface area contributed by atoms with Crippen molar-refractivity contribution < 1.29 is 0 Å². The van der Waals surface area contributed by atoms with Crippen molar-refractivity contribution in [1.29, 1.82) is 0 Å². The number of nitrogens with one attached hydrogen (secondary N) is 1. The summed E-state index contributed by atoms with van der Waals surface area (Å²) in [5.74, 6) is 0. The Bertz CT molecular complexity index is 284. The second-order valence-electron chi connectivity index (χ2n) is 3.57. The molecule has 0 bridgehead atoms. The van der Waals surface area contributed by atoms with Crippen molar-refractivity contribution in [1.82, 2.24) is 5.32 Å². The lowest BCUT2D eigenvalue weighted by Crippen LogP contribution is -2.18. The maximum Gasteiger partial charge on any atom is 0.0408 e. The number of hydrogen-bond acceptors (Lipinski definition) is 1. The zero-order valence-electron chi connectivity index (χ0n) is 8.94. The van der Waals surface area contributed by atoms with E-state index in [2.05, 4.69) is 25.2 Å². The van der Waals surface area contributed by atoms with Crippen molar-refractivity contribution in [2.24, 2.45) is 0 Å². The van der Waals surface area contributed by atoms with E-state index in [9.17, 15) is 0 Å². The number of hydrogen-bond donors (Lipinski definition) is 1. The van der Waals surface area contributed by atoms with Crippen LogP contribution in [0.25, 0.3) is 0 Å². The Morgan fingerprint density at radius 1 is 1.29 bits per heavy atom. The molecule has 0 atom stereocenters. The minimum Gasteiger partial charge on any atom is -0.316 e. The van der Waals surface area contributed by atoms with Gasteiger partial charge in [0.1, 0.15) is 0 Å². The van der Waals surface area contributed by atoms with Gasteiger partial charge in [0.15, 0.2) is 0 Å². The van der Waals surface area contributed by atoms with Crippen LogP contribution in [0.4, 0.5) is 0 Å². The number of rotatable bonds is 5. The van der Waals surface area contributed by atoms with Gasteiger partial charge in [0, 0.05) is 5.02 Å². The van der Waals surface area contributed by atoms with Crippen LogP contribution >= 0.6 is 11.6 Å². The minimum atomic E-state index is 0.827. The second-order valence-corrected chi connectivity index (χ2v) is 4.01. The third-order valence-electron chi connectivity index (χ3n) is 2.30. The summed E-state index contributed by atoms with van der Waals surface area (Å²) in [6, 6.07) is 6.10. The summed E-state index contributed by atoms with van der Waals surface area (Å²) in [4.78, 5) is 0. The first-order valence-electron chi connectivity index (χ1n) is 5.19. The van der Waals surface area contributed by atoms with Crippen LogP contribution in [0.5, 0.6) is 0 Å². The number of aryl methyl sites for hydroxylation is 1. The standard InChI is InChI=1S/C12H18ClN/c1-3-7-14-8-6-11-4-5-12(13)9-10(11)2/h4-5,9,14H,3,6-8H2,1-2H3. The molecule has 14 heavy (non-hydrogen) atoms. The number of halogens is 1. The van der Waals surface area contributed by atoms with E-state index in [0.29, 0.717) is 0 Å². The topological polar surface area (TPSA) is 12.0 Å². The van der Waals surface area contributed by atoms with E-state index < -0.39 is 0 Å². The smallest absolute Gasteiger partial charge is 0.0408 e. The first-order chi connectivity index (χ1) is 6.74. The highest BCUT2D eigenvalue weighted by Crippen LogP contribution is 2.15. The molecule has 1 nitrogen and oxygen atoms in total. The van der Waals surface area contributed by atoms with Gasteiger partial charge in [0.05, 0.1) is 0 Å². The third-order valence-corrected chi connectivity index (χ3v) is 2.54. The largest absolute Gasteiger partial charge is 0.316 e. The van der Waals surface area contributed by atoms with Crippen molar-refractivity contribution in [2.75, 3.05) is 13.1 Å². The fraction of sp³-hybridized carbons (Fsp3) is 0.500. The molecule has 0 aromatic heterocycles. The molecule has 1 aromatic rings. The molecule has 0 heterocycles. The van der Waals surface area contributed by atoms with Gasteiger partial charge in [-0.3, -0.25) is 0 Å². The molecule has 0 unspecified atom stereocenters. The summed E-state index contributed by atoms with van der Waals surface area (Å²) in [6.45, 7) is 6.45. The zero-order valence-corrected chi connectivity index (χ0v) is 9.69. The molecule has 0 fully saturated rings. The molecule has 1 N–H and O–H groups in total. The van der Waals surface area contributed by atoms with E-state index in [0.717, 1.165) is 24.5 Å². The second kappa shape index (κ2) is 6.05. The van der Waals surface area contributed by atoms with Gasteiger partial charge < -0.3 is 5.32 Å². The normalized spacial score (nSPS) is 10.5. The van der Waals surface area contributed by atoms with Crippen LogP contribution in [-0.4, -0.2) is 13.1 Å². The zero-order chi connectivity index (χ0) is 10.4. The molecule has 0 spiro atoms. The third kappa shape index (κ3) is 3.69. The molecule has 0 aliphatic heterocycles. The van der Waals surface area contributed by atoms with Crippen LogP contribution in [0.2, 0.25) is 5.02 Å². The Morgan fingerprint density at radius 3 is 2.71 bits per heavy atom. The summed E-state index contributed by atoms with van der Waals surface area (Å²) in [6.07, 6.45) is 2.28. The number of benzene rings is 1. The predicted octanol–water partition coefficient (Wildman–Crippen LogP) is 3.19. The highest BCUT2D eigenvalue weighted by atomic mass is 35.5. The SMILES string of the molecule is CCCNCCc1ccc(Cl)cc1C. The monoisotopic (exact) mass is 211 g/mol. The predicted molar refractivity (Wildman–Crippen MR) is 63.1 cm³/mol. The average Bonchev–Trinajstić information content (AvgIpc) is 2.15. The fourth-order valence-corrected chi connectivity index (χ4v) is 1.69. The Hall–Kier alpha value is -0.530. The molecular weight excluding hydrogens is 194 g/mol. The average molecular weight is 212 g/mol. The van der Waals surface area contributed by atoms with E-state index in [1.54, 1.807) is 0 Å². The summed E-state index contributed by atoms with van der Waals surface area (Å²) < 4.78 is 0. The first-order valence-corrected chi connectivity index (χ1v) is 5.57. The quantitative estimate of drug-likeness (QED) is 0.738. The lowest BCUT2D eigenvalue weighted by Gasteiger charge is -2.06. The first kappa shape index (κ1) is 11.5. The van der Waals surface area contributed by atoms with Crippen molar-refractivity contribution >= 4 is 11.6 Å². The Balaban J connectivity index is 2.42. The summed E-state index contributed by atoms with van der Waals surface area (Å²) >= 11 is 5.89. The van der Waals surface area contributed by atoms with Gasteiger partial charge in [-0.15, -0.1) is 0 Å². The van der Waals surface area contributed by atoms with Crippen LogP contribution in [-0.2, 0) is 6.42 Å². The van der Waals surface area contributed by atoms with E-state index in [-0.39, 0.29) is 0 Å². The van der Waals surface area contributed by atoms with Gasteiger partial charge in [0.25, 0.3) is 0 Å². The minimum absolute atomic E-state index is 0.827. The highest BCUT2D eigenvalue weighted by Gasteiger charge is 1.98. The maximum atomic E-state index is 5.89. The van der Waals surface area contributed by atoms with Gasteiger partial charge in [-0.25, -0.2) is 0 Å². The molecule has 0 radical (unpaired) electrons. The molecule has 0 aliphatic carbocycles. The molecule has 0 saturated heterocycles. The van der Waals surface area contributed by atoms with E-state index in [1.165, 1.54) is 17.5 Å².